The van der Waals surface area contributed by atoms with Crippen molar-refractivity contribution in [3.8, 4) is 0 Å². The molecule has 0 radical (unpaired) electrons. The second kappa shape index (κ2) is 4.47. The number of Topliss-reactive ketones (excluding diaryl/α,β-unsaturated/α-hetero) is 1. The van der Waals surface area contributed by atoms with Crippen LogP contribution in [-0.4, -0.2) is 5.78 Å². The Morgan fingerprint density at radius 3 is 2.73 bits per heavy atom. The number of hydrogen-bond donors (Lipinski definition) is 0. The first kappa shape index (κ1) is 10.9. The highest BCUT2D eigenvalue weighted by Crippen LogP contribution is 2.24. The van der Waals surface area contributed by atoms with Gasteiger partial charge in [0, 0.05) is 22.2 Å². The van der Waals surface area contributed by atoms with Crippen molar-refractivity contribution in [1.29, 1.82) is 0 Å². The number of carbonyl (C=O) groups is 1. The third kappa shape index (κ3) is 2.48. The molecule has 78 valence electrons. The highest BCUT2D eigenvalue weighted by Gasteiger charge is 2.11. The Morgan fingerprint density at radius 2 is 2.20 bits per heavy atom. The Hall–Kier alpha value is -0.640. The Balaban J connectivity index is 2.14. The average Bonchev–Trinajstić information content (AvgIpc) is 2.75. The summed E-state index contributed by atoms with van der Waals surface area (Å²) in [6, 6.07) is 3.74. The average molecular weight is 257 g/mol. The topological polar surface area (TPSA) is 17.1 Å². The number of hydrogen-bond acceptors (Lipinski definition) is 3. The summed E-state index contributed by atoms with van der Waals surface area (Å²) in [4.78, 5) is 12.9. The second-order valence-electron chi connectivity index (χ2n) is 3.27. The van der Waals surface area contributed by atoms with Crippen molar-refractivity contribution in [1.82, 2.24) is 0 Å². The summed E-state index contributed by atoms with van der Waals surface area (Å²) in [5.41, 5.74) is 1.90. The first-order valence-corrected chi connectivity index (χ1v) is 6.61. The van der Waals surface area contributed by atoms with Gasteiger partial charge in [-0.05, 0) is 30.0 Å². The monoisotopic (exact) mass is 256 g/mol. The lowest BCUT2D eigenvalue weighted by atomic mass is 10.1. The molecule has 0 aliphatic heterocycles. The van der Waals surface area contributed by atoms with E-state index in [0.29, 0.717) is 6.42 Å². The van der Waals surface area contributed by atoms with Gasteiger partial charge in [0.05, 0.1) is 4.34 Å². The molecular formula is C11H9ClOS2. The lowest BCUT2D eigenvalue weighted by Crippen LogP contribution is -2.01. The maximum Gasteiger partial charge on any atom is 0.169 e. The van der Waals surface area contributed by atoms with Gasteiger partial charge in [0.2, 0.25) is 0 Å². The minimum Gasteiger partial charge on any atom is -0.294 e. The zero-order valence-electron chi connectivity index (χ0n) is 8.12. The maximum atomic E-state index is 11.9. The molecule has 0 spiro atoms. The van der Waals surface area contributed by atoms with E-state index in [1.54, 1.807) is 11.3 Å². The minimum absolute atomic E-state index is 0.173. The largest absolute Gasteiger partial charge is 0.294 e. The van der Waals surface area contributed by atoms with Gasteiger partial charge in [-0.25, -0.2) is 0 Å². The van der Waals surface area contributed by atoms with Crippen LogP contribution in [0.4, 0.5) is 0 Å². The molecule has 4 heteroatoms. The highest BCUT2D eigenvalue weighted by atomic mass is 35.5. The molecule has 0 saturated heterocycles. The Kier molecular flexibility index (Phi) is 3.24. The number of aryl methyl sites for hydroxylation is 1. The molecule has 0 bridgehead atoms. The van der Waals surface area contributed by atoms with Crippen LogP contribution in [0.1, 0.15) is 20.8 Å². The molecule has 2 rings (SSSR count). The van der Waals surface area contributed by atoms with E-state index in [1.165, 1.54) is 11.3 Å². The van der Waals surface area contributed by atoms with Crippen LogP contribution in [0.15, 0.2) is 22.9 Å². The molecule has 2 heterocycles. The van der Waals surface area contributed by atoms with Crippen molar-refractivity contribution in [2.75, 3.05) is 0 Å². The third-order valence-electron chi connectivity index (χ3n) is 2.12. The minimum atomic E-state index is 0.173. The molecule has 0 aromatic carbocycles. The first-order valence-electron chi connectivity index (χ1n) is 4.47. The molecule has 1 nitrogen and oxygen atoms in total. The molecule has 0 atom stereocenters. The molecular weight excluding hydrogens is 248 g/mol. The molecule has 0 aliphatic carbocycles. The van der Waals surface area contributed by atoms with Crippen LogP contribution in [-0.2, 0) is 6.42 Å². The predicted octanol–water partition coefficient (Wildman–Crippen LogP) is 4.20. The summed E-state index contributed by atoms with van der Waals surface area (Å²) < 4.78 is 0.736. The summed E-state index contributed by atoms with van der Waals surface area (Å²) in [6.07, 6.45) is 0.453. The van der Waals surface area contributed by atoms with Crippen molar-refractivity contribution in [2.24, 2.45) is 0 Å². The Bertz CT molecular complexity index is 484. The molecule has 2 aromatic heterocycles. The van der Waals surface area contributed by atoms with E-state index in [1.807, 2.05) is 29.8 Å². The van der Waals surface area contributed by atoms with Gasteiger partial charge in [0.15, 0.2) is 5.78 Å². The fourth-order valence-corrected chi connectivity index (χ4v) is 3.29. The Morgan fingerprint density at radius 1 is 1.40 bits per heavy atom. The highest BCUT2D eigenvalue weighted by molar-refractivity contribution is 7.16. The van der Waals surface area contributed by atoms with Gasteiger partial charge in [-0.1, -0.05) is 11.6 Å². The van der Waals surface area contributed by atoms with Gasteiger partial charge in [-0.3, -0.25) is 4.79 Å². The number of ketones is 1. The fraction of sp³-hybridized carbons (Fsp3) is 0.182. The zero-order chi connectivity index (χ0) is 10.8. The first-order chi connectivity index (χ1) is 7.16. The summed E-state index contributed by atoms with van der Waals surface area (Å²) in [7, 11) is 0. The molecule has 0 fully saturated rings. The second-order valence-corrected chi connectivity index (χ2v) is 5.82. The lowest BCUT2D eigenvalue weighted by Gasteiger charge is -1.97. The van der Waals surface area contributed by atoms with Gasteiger partial charge in [0.1, 0.15) is 0 Å². The van der Waals surface area contributed by atoms with Crippen molar-refractivity contribution >= 4 is 40.1 Å². The van der Waals surface area contributed by atoms with E-state index in [9.17, 15) is 4.79 Å². The number of carbonyl (C=O) groups excluding carboxylic acids is 1. The smallest absolute Gasteiger partial charge is 0.169 e. The van der Waals surface area contributed by atoms with Crippen molar-refractivity contribution < 1.29 is 4.79 Å². The number of thiophene rings is 2. The van der Waals surface area contributed by atoms with Crippen molar-refractivity contribution in [3.05, 3.63) is 43.2 Å². The summed E-state index contributed by atoms with van der Waals surface area (Å²) >= 11 is 8.84. The normalized spacial score (nSPS) is 10.5. The molecule has 0 saturated carbocycles. The zero-order valence-corrected chi connectivity index (χ0v) is 10.5. The summed E-state index contributed by atoms with van der Waals surface area (Å²) in [6.45, 7) is 1.96. The lowest BCUT2D eigenvalue weighted by molar-refractivity contribution is 0.0993. The molecule has 0 amide bonds. The van der Waals surface area contributed by atoms with Gasteiger partial charge >= 0.3 is 0 Å². The van der Waals surface area contributed by atoms with Gasteiger partial charge in [-0.2, -0.15) is 11.3 Å². The molecule has 0 N–H and O–H groups in total. The Labute approximate surface area is 101 Å². The van der Waals surface area contributed by atoms with Crippen LogP contribution in [0.3, 0.4) is 0 Å². The van der Waals surface area contributed by atoms with E-state index in [0.717, 1.165) is 20.3 Å². The summed E-state index contributed by atoms with van der Waals surface area (Å²) in [5, 5.41) is 3.90. The van der Waals surface area contributed by atoms with Crippen LogP contribution in [0.5, 0.6) is 0 Å². The van der Waals surface area contributed by atoms with Crippen LogP contribution < -0.4 is 0 Å². The van der Waals surface area contributed by atoms with Crippen LogP contribution in [0, 0.1) is 6.92 Å². The SMILES string of the molecule is Cc1cscc1C(=O)Cc1ccc(Cl)s1. The quantitative estimate of drug-likeness (QED) is 0.753. The molecule has 0 unspecified atom stereocenters. The summed E-state index contributed by atoms with van der Waals surface area (Å²) in [5.74, 6) is 0.173. The molecule has 2 aromatic rings. The van der Waals surface area contributed by atoms with Crippen molar-refractivity contribution in [3.63, 3.8) is 0 Å². The van der Waals surface area contributed by atoms with Crippen LogP contribution >= 0.6 is 34.3 Å². The number of halogens is 1. The third-order valence-corrected chi connectivity index (χ3v) is 4.21. The standard InChI is InChI=1S/C11H9ClOS2/c1-7-5-14-6-9(7)10(13)4-8-2-3-11(12)15-8/h2-3,5-6H,4H2,1H3. The van der Waals surface area contributed by atoms with Gasteiger partial charge in [-0.15, -0.1) is 11.3 Å². The van der Waals surface area contributed by atoms with Gasteiger partial charge in [0.25, 0.3) is 0 Å². The number of rotatable bonds is 3. The van der Waals surface area contributed by atoms with E-state index in [-0.39, 0.29) is 5.78 Å². The van der Waals surface area contributed by atoms with E-state index >= 15 is 0 Å². The fourth-order valence-electron chi connectivity index (χ4n) is 1.35. The van der Waals surface area contributed by atoms with E-state index in [2.05, 4.69) is 0 Å². The van der Waals surface area contributed by atoms with E-state index in [4.69, 9.17) is 11.6 Å². The molecule has 0 aliphatic rings. The molecule has 15 heavy (non-hydrogen) atoms. The maximum absolute atomic E-state index is 11.9. The predicted molar refractivity (Wildman–Crippen MR) is 66.4 cm³/mol. The van der Waals surface area contributed by atoms with Crippen LogP contribution in [0.25, 0.3) is 0 Å². The van der Waals surface area contributed by atoms with Crippen molar-refractivity contribution in [2.45, 2.75) is 13.3 Å². The van der Waals surface area contributed by atoms with Crippen LogP contribution in [0.2, 0.25) is 4.34 Å². The van der Waals surface area contributed by atoms with Gasteiger partial charge < -0.3 is 0 Å². The van der Waals surface area contributed by atoms with E-state index < -0.39 is 0 Å².